The number of hydrogen-bond donors (Lipinski definition) is 2. The molecule has 2 N–H and O–H groups in total. The van der Waals surface area contributed by atoms with Crippen molar-refractivity contribution in [2.45, 2.75) is 26.7 Å². The van der Waals surface area contributed by atoms with Gasteiger partial charge < -0.3 is 10.6 Å². The average molecular weight is 458 g/mol. The third-order valence-corrected chi connectivity index (χ3v) is 4.97. The summed E-state index contributed by atoms with van der Waals surface area (Å²) >= 11 is 3.30. The van der Waals surface area contributed by atoms with Crippen LogP contribution in [0.3, 0.4) is 0 Å². The average Bonchev–Trinajstić information content (AvgIpc) is 2.88. The molecule has 0 saturated carbocycles. The van der Waals surface area contributed by atoms with Crippen LogP contribution < -0.4 is 10.6 Å². The quantitative estimate of drug-likeness (QED) is 0.645. The van der Waals surface area contributed by atoms with Gasteiger partial charge in [-0.2, -0.15) is 0 Å². The number of nitrogens with zero attached hydrogens (tertiary/aromatic N) is 1. The molecule has 1 aliphatic heterocycles. The maximum Gasteiger partial charge on any atom is 0.261 e. The van der Waals surface area contributed by atoms with Crippen LogP contribution in [0.1, 0.15) is 46.0 Å². The Bertz CT molecular complexity index is 1020. The van der Waals surface area contributed by atoms with Gasteiger partial charge in [0.25, 0.3) is 11.8 Å². The molecule has 29 heavy (non-hydrogen) atoms. The molecule has 4 amide bonds. The predicted octanol–water partition coefficient (Wildman–Crippen LogP) is 3.73. The summed E-state index contributed by atoms with van der Waals surface area (Å²) in [5.41, 5.74) is 2.71. The monoisotopic (exact) mass is 457 g/mol. The molecule has 0 aliphatic carbocycles. The number of fused-ring (bicyclic) bond motifs is 1. The van der Waals surface area contributed by atoms with Crippen molar-refractivity contribution in [3.8, 4) is 0 Å². The van der Waals surface area contributed by atoms with Gasteiger partial charge in [-0.05, 0) is 49.2 Å². The topological polar surface area (TPSA) is 95.6 Å². The minimum atomic E-state index is -0.349. The summed E-state index contributed by atoms with van der Waals surface area (Å²) in [7, 11) is 0. The fourth-order valence-electron chi connectivity index (χ4n) is 3.14. The molecule has 0 bridgehead atoms. The van der Waals surface area contributed by atoms with Crippen LogP contribution in [0.25, 0.3) is 0 Å². The summed E-state index contributed by atoms with van der Waals surface area (Å²) in [6.07, 6.45) is 0.463. The van der Waals surface area contributed by atoms with Gasteiger partial charge in [0.2, 0.25) is 11.8 Å². The minimum absolute atomic E-state index is 0.130. The van der Waals surface area contributed by atoms with Crippen molar-refractivity contribution in [2.24, 2.45) is 0 Å². The number of imide groups is 1. The summed E-state index contributed by atoms with van der Waals surface area (Å²) in [6.45, 7) is 3.43. The first kappa shape index (κ1) is 20.7. The Kier molecular flexibility index (Phi) is 6.12. The molecule has 0 unspecified atom stereocenters. The van der Waals surface area contributed by atoms with Crippen molar-refractivity contribution in [3.05, 3.63) is 57.6 Å². The fraction of sp³-hybridized carbons (Fsp3) is 0.238. The van der Waals surface area contributed by atoms with Crippen molar-refractivity contribution < 1.29 is 19.2 Å². The van der Waals surface area contributed by atoms with Gasteiger partial charge in [0.1, 0.15) is 0 Å². The van der Waals surface area contributed by atoms with E-state index in [1.54, 1.807) is 30.3 Å². The van der Waals surface area contributed by atoms with Gasteiger partial charge >= 0.3 is 0 Å². The second kappa shape index (κ2) is 8.57. The molecular weight excluding hydrogens is 438 g/mol. The normalized spacial score (nSPS) is 12.7. The fourth-order valence-corrected chi connectivity index (χ4v) is 3.50. The van der Waals surface area contributed by atoms with E-state index >= 15 is 0 Å². The maximum absolute atomic E-state index is 12.5. The summed E-state index contributed by atoms with van der Waals surface area (Å²) in [4.78, 5) is 49.7. The van der Waals surface area contributed by atoms with Crippen LogP contribution in [-0.4, -0.2) is 35.1 Å². The Balaban J connectivity index is 1.59. The molecule has 0 saturated heterocycles. The van der Waals surface area contributed by atoms with Gasteiger partial charge in [-0.25, -0.2) is 0 Å². The minimum Gasteiger partial charge on any atom is -0.325 e. The molecule has 0 spiro atoms. The molecule has 0 fully saturated rings. The standard InChI is InChI=1S/C21H20BrN3O4/c1-12-5-8-17(23-13(2)26)18(10-12)24-19(27)4-3-9-25-20(28)15-7-6-14(22)11-16(15)21(25)29/h5-8,10-11H,3-4,9H2,1-2H3,(H,23,26)(H,24,27). The second-order valence-electron chi connectivity index (χ2n) is 6.83. The zero-order valence-corrected chi connectivity index (χ0v) is 17.6. The van der Waals surface area contributed by atoms with E-state index in [9.17, 15) is 19.2 Å². The lowest BCUT2D eigenvalue weighted by Gasteiger charge is -2.15. The van der Waals surface area contributed by atoms with Crippen molar-refractivity contribution in [1.29, 1.82) is 0 Å². The number of halogens is 1. The lowest BCUT2D eigenvalue weighted by Crippen LogP contribution is -2.31. The third kappa shape index (κ3) is 4.71. The second-order valence-corrected chi connectivity index (χ2v) is 7.75. The Morgan fingerprint density at radius 1 is 0.966 bits per heavy atom. The van der Waals surface area contributed by atoms with Crippen molar-refractivity contribution >= 4 is 50.9 Å². The van der Waals surface area contributed by atoms with Crippen molar-refractivity contribution in [1.82, 2.24) is 4.90 Å². The summed E-state index contributed by atoms with van der Waals surface area (Å²) in [6, 6.07) is 10.3. The Hall–Kier alpha value is -3.00. The van der Waals surface area contributed by atoms with Gasteiger partial charge in [-0.15, -0.1) is 0 Å². The number of hydrogen-bond acceptors (Lipinski definition) is 4. The van der Waals surface area contributed by atoms with E-state index in [1.807, 2.05) is 13.0 Å². The third-order valence-electron chi connectivity index (χ3n) is 4.48. The van der Waals surface area contributed by atoms with Crippen molar-refractivity contribution in [3.63, 3.8) is 0 Å². The van der Waals surface area contributed by atoms with Crippen LogP contribution in [0.15, 0.2) is 40.9 Å². The summed E-state index contributed by atoms with van der Waals surface area (Å²) in [5, 5.41) is 5.46. The number of aryl methyl sites for hydroxylation is 1. The van der Waals surface area contributed by atoms with E-state index in [0.717, 1.165) is 10.0 Å². The molecular formula is C21H20BrN3O4. The zero-order chi connectivity index (χ0) is 21.1. The highest BCUT2D eigenvalue weighted by molar-refractivity contribution is 9.10. The lowest BCUT2D eigenvalue weighted by atomic mass is 10.1. The summed E-state index contributed by atoms with van der Waals surface area (Å²) in [5.74, 6) is -1.19. The zero-order valence-electron chi connectivity index (χ0n) is 16.0. The number of nitrogens with one attached hydrogen (secondary N) is 2. The molecule has 0 atom stereocenters. The molecule has 150 valence electrons. The Morgan fingerprint density at radius 2 is 1.69 bits per heavy atom. The van der Waals surface area contributed by atoms with Gasteiger partial charge in [-0.1, -0.05) is 22.0 Å². The number of anilines is 2. The van der Waals surface area contributed by atoms with Gasteiger partial charge in [0.15, 0.2) is 0 Å². The molecule has 2 aromatic rings. The highest BCUT2D eigenvalue weighted by atomic mass is 79.9. The SMILES string of the molecule is CC(=O)Nc1ccc(C)cc1NC(=O)CCCN1C(=O)c2ccc(Br)cc2C1=O. The maximum atomic E-state index is 12.5. The smallest absolute Gasteiger partial charge is 0.261 e. The lowest BCUT2D eigenvalue weighted by molar-refractivity contribution is -0.116. The number of benzene rings is 2. The molecule has 1 heterocycles. The molecule has 0 radical (unpaired) electrons. The van der Waals surface area contributed by atoms with Gasteiger partial charge in [-0.3, -0.25) is 24.1 Å². The first-order valence-corrected chi connectivity index (χ1v) is 9.89. The number of carbonyl (C=O) groups excluding carboxylic acids is 4. The molecule has 1 aliphatic rings. The highest BCUT2D eigenvalue weighted by Gasteiger charge is 2.35. The molecule has 8 heteroatoms. The number of rotatable bonds is 6. The number of carbonyl (C=O) groups is 4. The first-order chi connectivity index (χ1) is 13.8. The largest absolute Gasteiger partial charge is 0.325 e. The van der Waals surface area contributed by atoms with Gasteiger partial charge in [0, 0.05) is 24.4 Å². The molecule has 3 rings (SSSR count). The Labute approximate surface area is 176 Å². The van der Waals surface area contributed by atoms with E-state index in [2.05, 4.69) is 26.6 Å². The number of amides is 4. The van der Waals surface area contributed by atoms with Gasteiger partial charge in [0.05, 0.1) is 22.5 Å². The molecule has 0 aromatic heterocycles. The van der Waals surface area contributed by atoms with Crippen LogP contribution in [-0.2, 0) is 9.59 Å². The predicted molar refractivity (Wildman–Crippen MR) is 113 cm³/mol. The van der Waals surface area contributed by atoms with E-state index in [4.69, 9.17) is 0 Å². The molecule has 2 aromatic carbocycles. The highest BCUT2D eigenvalue weighted by Crippen LogP contribution is 2.27. The van der Waals surface area contributed by atoms with Crippen LogP contribution in [0, 0.1) is 6.92 Å². The van der Waals surface area contributed by atoms with E-state index in [1.165, 1.54) is 11.8 Å². The van der Waals surface area contributed by atoms with Crippen molar-refractivity contribution in [2.75, 3.05) is 17.2 Å². The summed E-state index contributed by atoms with van der Waals surface area (Å²) < 4.78 is 0.728. The van der Waals surface area contributed by atoms with Crippen LogP contribution >= 0.6 is 15.9 Å². The van der Waals surface area contributed by atoms with Crippen LogP contribution in [0.5, 0.6) is 0 Å². The van der Waals surface area contributed by atoms with E-state index < -0.39 is 0 Å². The first-order valence-electron chi connectivity index (χ1n) is 9.10. The van der Waals surface area contributed by atoms with Crippen LogP contribution in [0.4, 0.5) is 11.4 Å². The van der Waals surface area contributed by atoms with E-state index in [0.29, 0.717) is 28.9 Å². The Morgan fingerprint density at radius 3 is 2.41 bits per heavy atom. The molecule has 7 nitrogen and oxygen atoms in total. The van der Waals surface area contributed by atoms with E-state index in [-0.39, 0.29) is 36.6 Å². The van der Waals surface area contributed by atoms with Crippen LogP contribution in [0.2, 0.25) is 0 Å².